The number of rotatable bonds is 4. The fraction of sp³-hybridized carbons (Fsp3) is 0.250. The smallest absolute Gasteiger partial charge is 0.321 e. The SMILES string of the molecule is O=C(O)C(Cc1ccc(Br)cn1)NP. The molecule has 0 aliphatic carbocycles. The van der Waals surface area contributed by atoms with Gasteiger partial charge >= 0.3 is 5.97 Å². The number of hydrogen-bond acceptors (Lipinski definition) is 3. The molecule has 2 N–H and O–H groups in total. The van der Waals surface area contributed by atoms with E-state index in [4.69, 9.17) is 5.11 Å². The molecular weight excluding hydrogens is 267 g/mol. The number of carboxylic acids is 1. The van der Waals surface area contributed by atoms with Crippen molar-refractivity contribution in [1.29, 1.82) is 0 Å². The Balaban J connectivity index is 2.67. The minimum Gasteiger partial charge on any atom is -0.480 e. The summed E-state index contributed by atoms with van der Waals surface area (Å²) >= 11 is 3.26. The highest BCUT2D eigenvalue weighted by molar-refractivity contribution is 9.10. The van der Waals surface area contributed by atoms with Gasteiger partial charge in [0.15, 0.2) is 0 Å². The summed E-state index contributed by atoms with van der Waals surface area (Å²) in [5.41, 5.74) is 0.746. The summed E-state index contributed by atoms with van der Waals surface area (Å²) in [4.78, 5) is 14.8. The zero-order valence-electron chi connectivity index (χ0n) is 7.27. The average Bonchev–Trinajstić information content (AvgIpc) is 2.16. The number of carbonyl (C=O) groups is 1. The molecule has 6 heteroatoms. The van der Waals surface area contributed by atoms with Crippen molar-refractivity contribution in [1.82, 2.24) is 10.1 Å². The van der Waals surface area contributed by atoms with Gasteiger partial charge in [-0.05, 0) is 28.1 Å². The predicted octanol–water partition coefficient (Wildman–Crippen LogP) is 1.22. The number of nitrogens with one attached hydrogen (secondary N) is 1. The Morgan fingerprint density at radius 3 is 2.86 bits per heavy atom. The van der Waals surface area contributed by atoms with Crippen LogP contribution in [0.25, 0.3) is 0 Å². The lowest BCUT2D eigenvalue weighted by atomic mass is 10.1. The van der Waals surface area contributed by atoms with Crippen LogP contribution >= 0.6 is 25.3 Å². The minimum absolute atomic E-state index is 0.367. The van der Waals surface area contributed by atoms with Crippen molar-refractivity contribution >= 4 is 31.3 Å². The van der Waals surface area contributed by atoms with Crippen molar-refractivity contribution in [3.8, 4) is 0 Å². The highest BCUT2D eigenvalue weighted by Gasteiger charge is 2.15. The fourth-order valence-corrected chi connectivity index (χ4v) is 1.45. The second-order valence-electron chi connectivity index (χ2n) is 2.73. The largest absolute Gasteiger partial charge is 0.480 e. The zero-order valence-corrected chi connectivity index (χ0v) is 10.0. The van der Waals surface area contributed by atoms with Crippen molar-refractivity contribution < 1.29 is 9.90 Å². The topological polar surface area (TPSA) is 62.2 Å². The first-order valence-corrected chi connectivity index (χ1v) is 5.30. The van der Waals surface area contributed by atoms with Gasteiger partial charge in [-0.2, -0.15) is 0 Å². The van der Waals surface area contributed by atoms with Crippen LogP contribution in [0.2, 0.25) is 0 Å². The third-order valence-corrected chi connectivity index (χ3v) is 2.57. The van der Waals surface area contributed by atoms with Gasteiger partial charge in [0.2, 0.25) is 0 Å². The summed E-state index contributed by atoms with van der Waals surface area (Å²) < 4.78 is 0.881. The first-order chi connectivity index (χ1) is 6.63. The van der Waals surface area contributed by atoms with Crippen LogP contribution in [-0.4, -0.2) is 22.1 Å². The quantitative estimate of drug-likeness (QED) is 0.812. The van der Waals surface area contributed by atoms with E-state index >= 15 is 0 Å². The molecule has 76 valence electrons. The van der Waals surface area contributed by atoms with E-state index in [1.54, 1.807) is 12.3 Å². The van der Waals surface area contributed by atoms with Gasteiger partial charge in [-0.1, -0.05) is 9.39 Å². The molecule has 0 radical (unpaired) electrons. The molecule has 14 heavy (non-hydrogen) atoms. The van der Waals surface area contributed by atoms with Crippen LogP contribution in [0.4, 0.5) is 0 Å². The lowest BCUT2D eigenvalue weighted by molar-refractivity contribution is -0.138. The van der Waals surface area contributed by atoms with Gasteiger partial charge in [-0.25, -0.2) is 0 Å². The zero-order chi connectivity index (χ0) is 10.6. The molecule has 0 spiro atoms. The van der Waals surface area contributed by atoms with Gasteiger partial charge in [0, 0.05) is 22.8 Å². The molecule has 1 aromatic rings. The van der Waals surface area contributed by atoms with Gasteiger partial charge in [-0.15, -0.1) is 0 Å². The van der Waals surface area contributed by atoms with Crippen LogP contribution < -0.4 is 5.09 Å². The van der Waals surface area contributed by atoms with Crippen LogP contribution in [-0.2, 0) is 11.2 Å². The number of nitrogens with zero attached hydrogens (tertiary/aromatic N) is 1. The number of aromatic nitrogens is 1. The number of hydrogen-bond donors (Lipinski definition) is 2. The Labute approximate surface area is 92.5 Å². The molecule has 0 fully saturated rings. The summed E-state index contributed by atoms with van der Waals surface area (Å²) in [5, 5.41) is 11.4. The maximum atomic E-state index is 10.7. The molecule has 0 aromatic carbocycles. The highest BCUT2D eigenvalue weighted by atomic mass is 79.9. The highest BCUT2D eigenvalue weighted by Crippen LogP contribution is 2.09. The molecule has 1 aromatic heterocycles. The standard InChI is InChI=1S/C8H10BrN2O2P/c9-5-1-2-6(10-4-5)3-7(11-14)8(12)13/h1-2,4,7,11H,3,14H2,(H,12,13). The molecule has 2 atom stereocenters. The molecule has 1 rings (SSSR count). The molecule has 0 bridgehead atoms. The van der Waals surface area contributed by atoms with E-state index in [1.807, 2.05) is 6.07 Å². The molecule has 2 unspecified atom stereocenters. The molecule has 0 aliphatic heterocycles. The average molecular weight is 277 g/mol. The molecule has 4 nitrogen and oxygen atoms in total. The van der Waals surface area contributed by atoms with E-state index < -0.39 is 12.0 Å². The summed E-state index contributed by atoms with van der Waals surface area (Å²) in [6, 6.07) is 3.01. The monoisotopic (exact) mass is 276 g/mol. The predicted molar refractivity (Wildman–Crippen MR) is 59.9 cm³/mol. The number of halogens is 1. The molecule has 0 amide bonds. The second-order valence-corrected chi connectivity index (χ2v) is 3.98. The number of aliphatic carboxylic acids is 1. The molecular formula is C8H10BrN2O2P. The molecule has 0 saturated carbocycles. The number of carboxylic acid groups (broad SMARTS) is 1. The second kappa shape index (κ2) is 5.39. The maximum Gasteiger partial charge on any atom is 0.321 e. The van der Waals surface area contributed by atoms with Gasteiger partial charge in [0.1, 0.15) is 6.04 Å². The summed E-state index contributed by atoms with van der Waals surface area (Å²) in [5.74, 6) is -0.885. The first kappa shape index (κ1) is 11.6. The summed E-state index contributed by atoms with van der Waals surface area (Å²) in [6.45, 7) is 0. The van der Waals surface area contributed by atoms with Crippen molar-refractivity contribution in [3.63, 3.8) is 0 Å². The normalized spacial score (nSPS) is 12.4. The maximum absolute atomic E-state index is 10.7. The van der Waals surface area contributed by atoms with Crippen molar-refractivity contribution in [2.45, 2.75) is 12.5 Å². The molecule has 1 heterocycles. The van der Waals surface area contributed by atoms with Gasteiger partial charge < -0.3 is 5.11 Å². The van der Waals surface area contributed by atoms with Crippen molar-refractivity contribution in [2.75, 3.05) is 0 Å². The van der Waals surface area contributed by atoms with E-state index in [0.717, 1.165) is 10.2 Å². The lowest BCUT2D eigenvalue weighted by Crippen LogP contribution is -2.32. The number of pyridine rings is 1. The lowest BCUT2D eigenvalue weighted by Gasteiger charge is -2.09. The fourth-order valence-electron chi connectivity index (χ4n) is 0.954. The van der Waals surface area contributed by atoms with Crippen LogP contribution in [0, 0.1) is 0 Å². The van der Waals surface area contributed by atoms with E-state index in [2.05, 4.69) is 35.4 Å². The molecule has 0 aliphatic rings. The third kappa shape index (κ3) is 3.33. The minimum atomic E-state index is -0.885. The molecule has 0 saturated heterocycles. The van der Waals surface area contributed by atoms with Gasteiger partial charge in [0.25, 0.3) is 0 Å². The van der Waals surface area contributed by atoms with Crippen LogP contribution in [0.1, 0.15) is 5.69 Å². The summed E-state index contributed by atoms with van der Waals surface area (Å²) in [6.07, 6.45) is 2.02. The third-order valence-electron chi connectivity index (χ3n) is 1.70. The Morgan fingerprint density at radius 2 is 2.43 bits per heavy atom. The van der Waals surface area contributed by atoms with Crippen LogP contribution in [0.15, 0.2) is 22.8 Å². The Kier molecular flexibility index (Phi) is 4.45. The van der Waals surface area contributed by atoms with E-state index in [1.165, 1.54) is 0 Å². The summed E-state index contributed by atoms with van der Waals surface area (Å²) in [7, 11) is 2.20. The van der Waals surface area contributed by atoms with E-state index in [-0.39, 0.29) is 0 Å². The van der Waals surface area contributed by atoms with Crippen LogP contribution in [0.5, 0.6) is 0 Å². The van der Waals surface area contributed by atoms with Crippen molar-refractivity contribution in [3.05, 3.63) is 28.5 Å². The van der Waals surface area contributed by atoms with Gasteiger partial charge in [-0.3, -0.25) is 14.9 Å². The Hall–Kier alpha value is -0.510. The van der Waals surface area contributed by atoms with E-state index in [0.29, 0.717) is 6.42 Å². The Morgan fingerprint density at radius 1 is 1.71 bits per heavy atom. The van der Waals surface area contributed by atoms with E-state index in [9.17, 15) is 4.79 Å². The van der Waals surface area contributed by atoms with Crippen LogP contribution in [0.3, 0.4) is 0 Å². The van der Waals surface area contributed by atoms with Gasteiger partial charge in [0.05, 0.1) is 0 Å². The Bertz CT molecular complexity index is 318. The van der Waals surface area contributed by atoms with Crippen molar-refractivity contribution in [2.24, 2.45) is 0 Å². The first-order valence-electron chi connectivity index (χ1n) is 3.93.